The second kappa shape index (κ2) is 17.0. The molecule has 3 aromatic carbocycles. The van der Waals surface area contributed by atoms with E-state index in [0.717, 1.165) is 38.5 Å². The number of rotatable bonds is 16. The van der Waals surface area contributed by atoms with Gasteiger partial charge in [0.1, 0.15) is 6.04 Å². The van der Waals surface area contributed by atoms with Crippen LogP contribution in [0, 0.1) is 5.92 Å². The van der Waals surface area contributed by atoms with Crippen LogP contribution in [0.3, 0.4) is 0 Å². The van der Waals surface area contributed by atoms with Crippen LogP contribution in [0.1, 0.15) is 49.7 Å². The van der Waals surface area contributed by atoms with Gasteiger partial charge in [0.15, 0.2) is 11.5 Å². The normalized spacial score (nSPS) is 16.9. The first-order chi connectivity index (χ1) is 21.8. The van der Waals surface area contributed by atoms with E-state index in [1.807, 2.05) is 36.4 Å². The molecule has 2 atom stereocenters. The zero-order valence-electron chi connectivity index (χ0n) is 26.2. The van der Waals surface area contributed by atoms with Crippen molar-refractivity contribution in [3.05, 3.63) is 90.0 Å². The number of amides is 2. The second-order valence-corrected chi connectivity index (χ2v) is 13.2. The number of hydrogen-bond donors (Lipinski definition) is 2. The van der Waals surface area contributed by atoms with E-state index < -0.39 is 27.9 Å². The fourth-order valence-corrected chi connectivity index (χ4v) is 7.47. The first-order valence-corrected chi connectivity index (χ1v) is 17.2. The quantitative estimate of drug-likeness (QED) is 0.220. The smallest absolute Gasteiger partial charge is 0.243 e. The Morgan fingerprint density at radius 3 is 1.87 bits per heavy atom. The van der Waals surface area contributed by atoms with E-state index in [1.165, 1.54) is 47.9 Å². The summed E-state index contributed by atoms with van der Waals surface area (Å²) in [7, 11) is -1.25. The van der Waals surface area contributed by atoms with E-state index in [9.17, 15) is 18.0 Å². The Morgan fingerprint density at radius 1 is 0.756 bits per heavy atom. The van der Waals surface area contributed by atoms with Crippen LogP contribution < -0.4 is 20.1 Å². The SMILES string of the molecule is COc1ccc(S(=O)(=O)N2CCC[C@@H](C(=O)NCCCCc3ccccc3)[C@H]2C(=O)NCCCCc2ccccc2)cc1OC. The molecule has 0 unspecified atom stereocenters. The highest BCUT2D eigenvalue weighted by molar-refractivity contribution is 7.89. The van der Waals surface area contributed by atoms with E-state index in [4.69, 9.17) is 9.47 Å². The molecule has 3 aromatic rings. The third kappa shape index (κ3) is 9.31. The van der Waals surface area contributed by atoms with Gasteiger partial charge in [0.2, 0.25) is 21.8 Å². The molecule has 2 N–H and O–H groups in total. The van der Waals surface area contributed by atoms with Gasteiger partial charge in [0.25, 0.3) is 0 Å². The molecule has 0 bridgehead atoms. The lowest BCUT2D eigenvalue weighted by atomic mass is 9.89. The third-order valence-corrected chi connectivity index (χ3v) is 10.1. The van der Waals surface area contributed by atoms with Crippen LogP contribution in [-0.4, -0.2) is 64.4 Å². The molecule has 1 saturated heterocycles. The van der Waals surface area contributed by atoms with Crippen LogP contribution >= 0.6 is 0 Å². The van der Waals surface area contributed by atoms with Crippen molar-refractivity contribution in [1.82, 2.24) is 14.9 Å². The standard InChI is InChI=1S/C35H45N3O6S/c1-43-31-22-21-29(26-32(31)44-2)45(41,42)38-25-13-20-30(34(39)36-23-11-9-18-27-14-5-3-6-15-27)33(38)35(40)37-24-12-10-19-28-16-7-4-8-17-28/h3-8,14-17,21-22,26,30,33H,9-13,18-20,23-25H2,1-2H3,(H,36,39)(H,37,40)/t30-,33+/m1/s1. The summed E-state index contributed by atoms with van der Waals surface area (Å²) in [6, 6.07) is 23.5. The van der Waals surface area contributed by atoms with Gasteiger partial charge in [0, 0.05) is 25.7 Å². The number of carbonyl (C=O) groups is 2. The zero-order valence-corrected chi connectivity index (χ0v) is 27.1. The van der Waals surface area contributed by atoms with E-state index in [0.29, 0.717) is 31.7 Å². The highest BCUT2D eigenvalue weighted by Gasteiger charge is 2.46. The molecule has 0 aliphatic carbocycles. The number of sulfonamides is 1. The Labute approximate surface area is 267 Å². The van der Waals surface area contributed by atoms with Gasteiger partial charge in [-0.1, -0.05) is 60.7 Å². The van der Waals surface area contributed by atoms with E-state index in [2.05, 4.69) is 34.9 Å². The van der Waals surface area contributed by atoms with Gasteiger partial charge < -0.3 is 20.1 Å². The number of unbranched alkanes of at least 4 members (excludes halogenated alkanes) is 2. The molecule has 4 rings (SSSR count). The number of benzene rings is 3. The summed E-state index contributed by atoms with van der Waals surface area (Å²) < 4.78 is 39.9. The highest BCUT2D eigenvalue weighted by atomic mass is 32.2. The molecule has 10 heteroatoms. The molecule has 0 aromatic heterocycles. The van der Waals surface area contributed by atoms with Gasteiger partial charge in [-0.2, -0.15) is 4.31 Å². The molecule has 1 aliphatic rings. The lowest BCUT2D eigenvalue weighted by Gasteiger charge is -2.38. The molecule has 242 valence electrons. The molecular weight excluding hydrogens is 590 g/mol. The monoisotopic (exact) mass is 635 g/mol. The molecule has 1 fully saturated rings. The van der Waals surface area contributed by atoms with Crippen LogP contribution in [0.15, 0.2) is 83.8 Å². The molecule has 1 aliphatic heterocycles. The van der Waals surface area contributed by atoms with Crippen molar-refractivity contribution in [3.8, 4) is 11.5 Å². The minimum absolute atomic E-state index is 0.0252. The van der Waals surface area contributed by atoms with Gasteiger partial charge in [-0.05, 0) is 74.6 Å². The summed E-state index contributed by atoms with van der Waals surface area (Å²) in [4.78, 5) is 27.2. The largest absolute Gasteiger partial charge is 0.493 e. The van der Waals surface area contributed by atoms with Crippen LogP contribution in [0.4, 0.5) is 0 Å². The van der Waals surface area contributed by atoms with Gasteiger partial charge in [0.05, 0.1) is 25.0 Å². The Hall–Kier alpha value is -3.89. The predicted octanol–water partition coefficient (Wildman–Crippen LogP) is 4.75. The summed E-state index contributed by atoms with van der Waals surface area (Å²) in [5.74, 6) is -0.912. The topological polar surface area (TPSA) is 114 Å². The fraction of sp³-hybridized carbons (Fsp3) is 0.429. The molecule has 1 heterocycles. The first kappa shape index (κ1) is 34.0. The zero-order chi connectivity index (χ0) is 32.1. The minimum atomic E-state index is -4.15. The second-order valence-electron chi connectivity index (χ2n) is 11.3. The maximum absolute atomic E-state index is 14.0. The summed E-state index contributed by atoms with van der Waals surface area (Å²) in [6.07, 6.45) is 5.95. The minimum Gasteiger partial charge on any atom is -0.493 e. The average molecular weight is 636 g/mol. The number of nitrogens with zero attached hydrogens (tertiary/aromatic N) is 1. The van der Waals surface area contributed by atoms with Gasteiger partial charge in [-0.15, -0.1) is 0 Å². The number of carbonyl (C=O) groups excluding carboxylic acids is 2. The van der Waals surface area contributed by atoms with E-state index in [1.54, 1.807) is 0 Å². The predicted molar refractivity (Wildman–Crippen MR) is 175 cm³/mol. The van der Waals surface area contributed by atoms with Crippen molar-refractivity contribution in [2.75, 3.05) is 33.9 Å². The Morgan fingerprint density at radius 2 is 1.31 bits per heavy atom. The van der Waals surface area contributed by atoms with Gasteiger partial charge in [-0.3, -0.25) is 9.59 Å². The number of aryl methyl sites for hydroxylation is 2. The number of nitrogens with one attached hydrogen (secondary N) is 2. The van der Waals surface area contributed by atoms with Crippen LogP contribution in [0.5, 0.6) is 11.5 Å². The van der Waals surface area contributed by atoms with Crippen molar-refractivity contribution < 1.29 is 27.5 Å². The Kier molecular flexibility index (Phi) is 12.8. The van der Waals surface area contributed by atoms with Gasteiger partial charge in [-0.25, -0.2) is 8.42 Å². The maximum Gasteiger partial charge on any atom is 0.243 e. The summed E-state index contributed by atoms with van der Waals surface area (Å²) >= 11 is 0. The van der Waals surface area contributed by atoms with Gasteiger partial charge >= 0.3 is 0 Å². The summed E-state index contributed by atoms with van der Waals surface area (Å²) in [6.45, 7) is 0.974. The number of hydrogen-bond acceptors (Lipinski definition) is 6. The fourth-order valence-electron chi connectivity index (χ4n) is 5.79. The molecule has 0 spiro atoms. The van der Waals surface area contributed by atoms with Crippen molar-refractivity contribution >= 4 is 21.8 Å². The van der Waals surface area contributed by atoms with Crippen LogP contribution in [0.25, 0.3) is 0 Å². The van der Waals surface area contributed by atoms with Crippen molar-refractivity contribution in [2.45, 2.75) is 62.3 Å². The van der Waals surface area contributed by atoms with Crippen molar-refractivity contribution in [1.29, 1.82) is 0 Å². The Bertz CT molecular complexity index is 1480. The molecule has 2 amide bonds. The summed E-state index contributed by atoms with van der Waals surface area (Å²) in [5, 5.41) is 5.93. The molecule has 9 nitrogen and oxygen atoms in total. The number of methoxy groups -OCH3 is 2. The molecule has 0 saturated carbocycles. The molecule has 0 radical (unpaired) electrons. The van der Waals surface area contributed by atoms with Crippen molar-refractivity contribution in [2.24, 2.45) is 5.92 Å². The summed E-state index contributed by atoms with van der Waals surface area (Å²) in [5.41, 5.74) is 2.47. The van der Waals surface area contributed by atoms with E-state index >= 15 is 0 Å². The average Bonchev–Trinajstić information content (AvgIpc) is 3.08. The number of ether oxygens (including phenoxy) is 2. The van der Waals surface area contributed by atoms with Crippen molar-refractivity contribution in [3.63, 3.8) is 0 Å². The van der Waals surface area contributed by atoms with Crippen LogP contribution in [0.2, 0.25) is 0 Å². The Balaban J connectivity index is 1.45. The maximum atomic E-state index is 14.0. The molecular formula is C35H45N3O6S. The lowest BCUT2D eigenvalue weighted by Crippen LogP contribution is -2.59. The highest BCUT2D eigenvalue weighted by Crippen LogP contribution is 2.34. The van der Waals surface area contributed by atoms with Crippen LogP contribution in [-0.2, 0) is 32.5 Å². The third-order valence-electron chi connectivity index (χ3n) is 8.22. The first-order valence-electron chi connectivity index (χ1n) is 15.7. The number of piperidine rings is 1. The lowest BCUT2D eigenvalue weighted by molar-refractivity contribution is -0.136. The van der Waals surface area contributed by atoms with E-state index in [-0.39, 0.29) is 23.1 Å². The molecule has 45 heavy (non-hydrogen) atoms.